The maximum atomic E-state index is 3.70. The van der Waals surface area contributed by atoms with E-state index in [1.807, 2.05) is 0 Å². The van der Waals surface area contributed by atoms with Crippen LogP contribution in [0.4, 0.5) is 0 Å². The normalized spacial score (nSPS) is 30.7. The van der Waals surface area contributed by atoms with Gasteiger partial charge in [0.25, 0.3) is 0 Å². The molecule has 1 aromatic rings. The summed E-state index contributed by atoms with van der Waals surface area (Å²) in [6, 6.07) is 9.70. The number of benzene rings is 1. The highest BCUT2D eigenvalue weighted by Gasteiger charge is 2.40. The molecule has 0 aliphatic heterocycles. The van der Waals surface area contributed by atoms with E-state index in [0.29, 0.717) is 6.04 Å². The lowest BCUT2D eigenvalue weighted by molar-refractivity contribution is 0.280. The maximum Gasteiger partial charge on any atom is 0.0322 e. The first-order valence-electron chi connectivity index (χ1n) is 8.06. The molecule has 1 aromatic carbocycles. The molecule has 1 nitrogen and oxygen atoms in total. The minimum absolute atomic E-state index is 0.565. The summed E-state index contributed by atoms with van der Waals surface area (Å²) in [4.78, 5) is 0. The van der Waals surface area contributed by atoms with Gasteiger partial charge in [0.1, 0.15) is 0 Å². The second kappa shape index (κ2) is 5.66. The molecule has 0 aromatic heterocycles. The van der Waals surface area contributed by atoms with Gasteiger partial charge in [-0.1, -0.05) is 43.2 Å². The van der Waals surface area contributed by atoms with E-state index in [1.54, 1.807) is 0 Å². The van der Waals surface area contributed by atoms with Crippen molar-refractivity contribution in [3.05, 3.63) is 35.4 Å². The van der Waals surface area contributed by atoms with Gasteiger partial charge >= 0.3 is 0 Å². The second-order valence-corrected chi connectivity index (χ2v) is 6.69. The van der Waals surface area contributed by atoms with Crippen LogP contribution < -0.4 is 5.32 Å². The van der Waals surface area contributed by atoms with Crippen LogP contribution in [0.1, 0.15) is 56.2 Å². The average molecular weight is 257 g/mol. The molecule has 4 unspecified atom stereocenters. The van der Waals surface area contributed by atoms with Crippen molar-refractivity contribution in [2.24, 2.45) is 17.8 Å². The van der Waals surface area contributed by atoms with E-state index in [2.05, 4.69) is 43.4 Å². The highest BCUT2D eigenvalue weighted by Crippen LogP contribution is 2.50. The molecular weight excluding hydrogens is 230 g/mol. The van der Waals surface area contributed by atoms with Crippen LogP contribution in [-0.2, 0) is 0 Å². The Kier molecular flexibility index (Phi) is 3.93. The number of fused-ring (bicyclic) bond motifs is 2. The fourth-order valence-electron chi connectivity index (χ4n) is 4.35. The summed E-state index contributed by atoms with van der Waals surface area (Å²) in [6.45, 7) is 5.46. The Morgan fingerprint density at radius 2 is 1.95 bits per heavy atom. The summed E-state index contributed by atoms with van der Waals surface area (Å²) in [7, 11) is 0. The van der Waals surface area contributed by atoms with Gasteiger partial charge in [-0.2, -0.15) is 0 Å². The van der Waals surface area contributed by atoms with Crippen molar-refractivity contribution in [1.82, 2.24) is 5.32 Å². The third kappa shape index (κ3) is 2.86. The zero-order valence-electron chi connectivity index (χ0n) is 12.4. The Morgan fingerprint density at radius 1 is 1.16 bits per heavy atom. The monoisotopic (exact) mass is 257 g/mol. The van der Waals surface area contributed by atoms with Crippen molar-refractivity contribution in [3.8, 4) is 0 Å². The lowest BCUT2D eigenvalue weighted by Gasteiger charge is -2.27. The van der Waals surface area contributed by atoms with Gasteiger partial charge in [0.2, 0.25) is 0 Å². The van der Waals surface area contributed by atoms with Gasteiger partial charge < -0.3 is 5.32 Å². The quantitative estimate of drug-likeness (QED) is 0.820. The van der Waals surface area contributed by atoms with Crippen molar-refractivity contribution >= 4 is 0 Å². The van der Waals surface area contributed by atoms with Crippen LogP contribution in [0.25, 0.3) is 0 Å². The largest absolute Gasteiger partial charge is 0.310 e. The van der Waals surface area contributed by atoms with Gasteiger partial charge in [0, 0.05) is 6.04 Å². The van der Waals surface area contributed by atoms with E-state index < -0.39 is 0 Å². The summed E-state index contributed by atoms with van der Waals surface area (Å²) in [6.07, 6.45) is 7.38. The van der Waals surface area contributed by atoms with Gasteiger partial charge in [0.15, 0.2) is 0 Å². The Labute approximate surface area is 117 Å². The smallest absolute Gasteiger partial charge is 0.0322 e. The predicted molar refractivity (Wildman–Crippen MR) is 81.2 cm³/mol. The summed E-state index contributed by atoms with van der Waals surface area (Å²) in [5, 5.41) is 3.70. The van der Waals surface area contributed by atoms with E-state index in [4.69, 9.17) is 0 Å². The Hall–Kier alpha value is -0.820. The van der Waals surface area contributed by atoms with E-state index >= 15 is 0 Å². The fourth-order valence-corrected chi connectivity index (χ4v) is 4.35. The lowest BCUT2D eigenvalue weighted by Crippen LogP contribution is -2.25. The van der Waals surface area contributed by atoms with E-state index in [9.17, 15) is 0 Å². The first-order chi connectivity index (χ1) is 9.26. The zero-order chi connectivity index (χ0) is 13.2. The molecule has 0 saturated heterocycles. The number of hydrogen-bond acceptors (Lipinski definition) is 1. The van der Waals surface area contributed by atoms with Gasteiger partial charge in [-0.3, -0.25) is 0 Å². The molecule has 0 spiro atoms. The zero-order valence-corrected chi connectivity index (χ0v) is 12.4. The summed E-state index contributed by atoms with van der Waals surface area (Å²) < 4.78 is 0. The molecule has 19 heavy (non-hydrogen) atoms. The van der Waals surface area contributed by atoms with E-state index in [-0.39, 0.29) is 0 Å². The van der Waals surface area contributed by atoms with Crippen LogP contribution >= 0.6 is 0 Å². The fraction of sp³-hybridized carbons (Fsp3) is 0.667. The molecule has 2 fully saturated rings. The first-order valence-corrected chi connectivity index (χ1v) is 8.06. The minimum atomic E-state index is 0.565. The van der Waals surface area contributed by atoms with Crippen molar-refractivity contribution in [2.45, 2.75) is 52.0 Å². The van der Waals surface area contributed by atoms with E-state index in [0.717, 1.165) is 24.3 Å². The van der Waals surface area contributed by atoms with Crippen molar-refractivity contribution < 1.29 is 0 Å². The number of rotatable bonds is 5. The molecule has 0 radical (unpaired) electrons. The highest BCUT2D eigenvalue weighted by atomic mass is 14.9. The van der Waals surface area contributed by atoms with E-state index in [1.165, 1.54) is 43.2 Å². The van der Waals surface area contributed by atoms with Crippen LogP contribution in [0.3, 0.4) is 0 Å². The summed E-state index contributed by atoms with van der Waals surface area (Å²) in [5.41, 5.74) is 2.84. The third-order valence-corrected chi connectivity index (χ3v) is 5.35. The molecule has 2 bridgehead atoms. The van der Waals surface area contributed by atoms with Crippen molar-refractivity contribution in [1.29, 1.82) is 0 Å². The molecule has 2 aliphatic carbocycles. The van der Waals surface area contributed by atoms with Gasteiger partial charge in [-0.25, -0.2) is 0 Å². The third-order valence-electron chi connectivity index (χ3n) is 5.35. The van der Waals surface area contributed by atoms with Crippen LogP contribution in [0, 0.1) is 24.7 Å². The van der Waals surface area contributed by atoms with Crippen LogP contribution in [-0.4, -0.2) is 6.54 Å². The van der Waals surface area contributed by atoms with Gasteiger partial charge in [0.05, 0.1) is 0 Å². The first kappa shape index (κ1) is 13.2. The molecular formula is C18H27N. The summed E-state index contributed by atoms with van der Waals surface area (Å²) >= 11 is 0. The molecule has 0 heterocycles. The number of hydrogen-bond donors (Lipinski definition) is 1. The van der Waals surface area contributed by atoms with Crippen LogP contribution in [0.5, 0.6) is 0 Å². The Bertz CT molecular complexity index is 408. The number of aryl methyl sites for hydroxylation is 1. The topological polar surface area (TPSA) is 12.0 Å². The lowest BCUT2D eigenvalue weighted by atomic mass is 9.82. The number of nitrogens with one attached hydrogen (secondary N) is 1. The van der Waals surface area contributed by atoms with Crippen LogP contribution in [0.2, 0.25) is 0 Å². The predicted octanol–water partition coefficient (Wildman–Crippen LogP) is 4.47. The molecule has 2 aliphatic rings. The molecule has 2 saturated carbocycles. The molecule has 3 rings (SSSR count). The molecule has 1 N–H and O–H groups in total. The second-order valence-electron chi connectivity index (χ2n) is 6.69. The summed E-state index contributed by atoms with van der Waals surface area (Å²) in [5.74, 6) is 3.08. The standard InChI is InChI=1S/C18H27N/c1-3-19-18(15-7-4-13(2)5-8-15)12-17-11-14-6-9-16(17)10-14/h4-5,7-8,14,16-19H,3,6,9-12H2,1-2H3. The molecule has 4 atom stereocenters. The van der Waals surface area contributed by atoms with Crippen molar-refractivity contribution in [3.63, 3.8) is 0 Å². The minimum Gasteiger partial charge on any atom is -0.310 e. The van der Waals surface area contributed by atoms with Crippen LogP contribution in [0.15, 0.2) is 24.3 Å². The SMILES string of the molecule is CCNC(CC1CC2CCC1C2)c1ccc(C)cc1. The molecule has 104 valence electrons. The van der Waals surface area contributed by atoms with Gasteiger partial charge in [-0.05, 0) is 62.5 Å². The van der Waals surface area contributed by atoms with Crippen molar-refractivity contribution in [2.75, 3.05) is 6.54 Å². The van der Waals surface area contributed by atoms with Gasteiger partial charge in [-0.15, -0.1) is 0 Å². The Morgan fingerprint density at radius 3 is 2.53 bits per heavy atom. The Balaban J connectivity index is 1.68. The maximum absolute atomic E-state index is 3.70. The molecule has 1 heteroatoms. The highest BCUT2D eigenvalue weighted by molar-refractivity contribution is 5.24. The average Bonchev–Trinajstić information content (AvgIpc) is 3.01. The molecule has 0 amide bonds.